The van der Waals surface area contributed by atoms with Crippen LogP contribution in [-0.4, -0.2) is 138 Å². The van der Waals surface area contributed by atoms with Gasteiger partial charge in [-0.25, -0.2) is 0 Å². The molecular weight excluding hydrogens is 1040 g/mol. The maximum absolute atomic E-state index is 12.0. The molecule has 2 aliphatic rings. The monoisotopic (exact) mass is 1110 g/mol. The van der Waals surface area contributed by atoms with Gasteiger partial charge in [-0.2, -0.15) is 0 Å². The Morgan fingerprint density at radius 3 is 1.10 bits per heavy atom. The fourth-order valence-electron chi connectivity index (χ4n) is 6.65. The molecule has 0 aromatic rings. The van der Waals surface area contributed by atoms with Gasteiger partial charge in [-0.15, -0.1) is 32.9 Å². The molecule has 2 fully saturated rings. The Kier molecular flexibility index (Phi) is 19.0. The van der Waals surface area contributed by atoms with Gasteiger partial charge in [0, 0.05) is 13.7 Å². The third-order valence-electron chi connectivity index (χ3n) is 7.81. The van der Waals surface area contributed by atoms with Crippen LogP contribution in [0.5, 0.6) is 0 Å². The van der Waals surface area contributed by atoms with Crippen LogP contribution in [0.2, 0.25) is 111 Å². The van der Waals surface area contributed by atoms with Crippen molar-refractivity contribution in [1.29, 1.82) is 0 Å². The fourth-order valence-corrected chi connectivity index (χ4v) is 66.8. The van der Waals surface area contributed by atoms with Gasteiger partial charge in [0.25, 0.3) is 0 Å². The fraction of sp³-hybridized carbons (Fsp3) is 0.600. The van der Waals surface area contributed by atoms with E-state index in [0.717, 1.165) is 0 Å². The lowest BCUT2D eigenvalue weighted by molar-refractivity contribution is 0.127. The minimum Gasteiger partial charge on any atom is -0.416 e. The summed E-state index contributed by atoms with van der Waals surface area (Å²) in [5.41, 5.74) is 8.58. The third kappa shape index (κ3) is 17.4. The Morgan fingerprint density at radius 1 is 0.419 bits per heavy atom. The molecule has 0 aromatic heterocycles. The highest BCUT2D eigenvalue weighted by molar-refractivity contribution is 7.00. The molecule has 2 N–H and O–H groups in total. The molecule has 0 saturated carbocycles. The quantitative estimate of drug-likeness (QED) is 0.210. The van der Waals surface area contributed by atoms with Gasteiger partial charge in [0.1, 0.15) is 0 Å². The number of hydrogen-bond acceptors (Lipinski definition) is 18. The van der Waals surface area contributed by atoms with E-state index >= 15 is 0 Å². The van der Waals surface area contributed by atoms with Crippen molar-refractivity contribution in [1.82, 2.24) is 0 Å². The summed E-state index contributed by atoms with van der Waals surface area (Å²) < 4.78 is 108. The highest BCUT2D eigenvalue weighted by Gasteiger charge is 2.65. The van der Waals surface area contributed by atoms with E-state index in [2.05, 4.69) is 39.5 Å². The normalized spacial score (nSPS) is 37.7. The van der Waals surface area contributed by atoms with Crippen molar-refractivity contribution in [2.45, 2.75) is 111 Å². The second kappa shape index (κ2) is 20.0. The van der Waals surface area contributed by atoms with Crippen molar-refractivity contribution in [3.05, 3.63) is 73.7 Å². The summed E-state index contributed by atoms with van der Waals surface area (Å²) in [5.74, 6) is 0. The maximum Gasteiger partial charge on any atom is 0.518 e. The van der Waals surface area contributed by atoms with Crippen molar-refractivity contribution in [3.8, 4) is 0 Å². The van der Waals surface area contributed by atoms with Crippen LogP contribution < -0.4 is 0 Å². The molecule has 32 heteroatoms. The molecule has 0 spiro atoms. The van der Waals surface area contributed by atoms with Crippen molar-refractivity contribution < 1.29 is 75.7 Å². The van der Waals surface area contributed by atoms with Crippen LogP contribution in [0.15, 0.2) is 73.7 Å². The second-order valence-corrected chi connectivity index (χ2v) is 64.5. The topological polar surface area (TPSA) is 188 Å². The molecule has 62 heavy (non-hydrogen) atoms. The third-order valence-corrected chi connectivity index (χ3v) is 58.8. The first-order chi connectivity index (χ1) is 27.5. The zero-order chi connectivity index (χ0) is 48.6. The Hall–Kier alpha value is 0.756. The van der Waals surface area contributed by atoms with E-state index in [0.29, 0.717) is 0 Å². The molecule has 0 amide bonds. The standard InChI is InChI=1S/C30H74O18Si14/c1-25-56(23)36-52(15,16)39-61(29-5,47-58(32,26-2)33-7)44-54(19,20)42-60(28-4)41-53(17,18)40-59(27-3,34-49(8,9)10)48-62(30-6,45-55(21,22)43-60)38-51(13,14)35-50(11,12)37-57(24,31)46-56/h25-32H,1-6H2,7-24H3. The summed E-state index contributed by atoms with van der Waals surface area (Å²) in [6, 6.07) is 0. The SMILES string of the molecule is C=C[Si]1(C)O[Si](C)(C)O[Si](C=C)(O[Si](O)(C=C)OC)O[Si](C)(C)O[Si]2(C=C)O[Si](C)(C)O[Si](C=C)(O[Si](C)(C)C)O[Si](C=C)(O[Si](C)(C)O[Si](C)(C)O[Si](C)(O)O1)O[Si](C)(C)O2. The molecule has 358 valence electrons. The highest BCUT2D eigenvalue weighted by atomic mass is 28.6. The van der Waals surface area contributed by atoms with Crippen LogP contribution in [0, 0.1) is 0 Å². The van der Waals surface area contributed by atoms with Crippen LogP contribution in [0.3, 0.4) is 0 Å². The number of fused-ring (bicyclic) bond motifs is 4. The maximum atomic E-state index is 12.0. The van der Waals surface area contributed by atoms with Crippen molar-refractivity contribution in [2.75, 3.05) is 7.11 Å². The van der Waals surface area contributed by atoms with E-state index in [-0.39, 0.29) is 0 Å². The van der Waals surface area contributed by atoms with Gasteiger partial charge in [0.05, 0.1) is 0 Å². The van der Waals surface area contributed by atoms with E-state index in [1.165, 1.54) is 42.2 Å². The molecule has 7 atom stereocenters. The largest absolute Gasteiger partial charge is 0.518 e. The van der Waals surface area contributed by atoms with Crippen molar-refractivity contribution in [2.24, 2.45) is 0 Å². The van der Waals surface area contributed by atoms with E-state index < -0.39 is 121 Å². The van der Waals surface area contributed by atoms with Crippen LogP contribution in [0.1, 0.15) is 0 Å². The minimum absolute atomic E-state index is 1.17. The van der Waals surface area contributed by atoms with E-state index in [1.807, 2.05) is 45.8 Å². The first-order valence-corrected chi connectivity index (χ1v) is 53.9. The average Bonchev–Trinajstić information content (AvgIpc) is 3.02. The molecule has 2 aliphatic heterocycles. The molecule has 2 saturated heterocycles. The Labute approximate surface area is 386 Å². The Morgan fingerprint density at radius 2 is 0.758 bits per heavy atom. The average molecular weight is 1120 g/mol. The van der Waals surface area contributed by atoms with E-state index in [1.54, 1.807) is 64.6 Å². The van der Waals surface area contributed by atoms with Gasteiger partial charge in [0.2, 0.25) is 0 Å². The molecular formula is C30H74O18Si14. The summed E-state index contributed by atoms with van der Waals surface area (Å²) in [6.45, 7) is 54.9. The Bertz CT molecular complexity index is 1670. The predicted octanol–water partition coefficient (Wildman–Crippen LogP) is 6.63. The molecule has 2 bridgehead atoms. The molecule has 0 aromatic carbocycles. The summed E-state index contributed by atoms with van der Waals surface area (Å²) in [7, 11) is -51.4. The molecule has 18 nitrogen and oxygen atoms in total. The first-order valence-electron chi connectivity index (χ1n) is 19.9. The lowest BCUT2D eigenvalue weighted by Crippen LogP contribution is -2.73. The van der Waals surface area contributed by atoms with Gasteiger partial charge < -0.3 is 75.7 Å². The van der Waals surface area contributed by atoms with E-state index in [4.69, 9.17) is 66.2 Å². The van der Waals surface area contributed by atoms with Gasteiger partial charge >= 0.3 is 113 Å². The van der Waals surface area contributed by atoms with Gasteiger partial charge in [-0.3, -0.25) is 0 Å². The number of hydrogen-bond donors (Lipinski definition) is 2. The van der Waals surface area contributed by atoms with Crippen molar-refractivity contribution >= 4 is 121 Å². The minimum atomic E-state index is -4.40. The molecule has 2 heterocycles. The van der Waals surface area contributed by atoms with Crippen LogP contribution in [-0.2, 0) is 66.2 Å². The lowest BCUT2D eigenvalue weighted by atomic mass is 11.3. The summed E-state index contributed by atoms with van der Waals surface area (Å²) in [5, 5.41) is 0. The van der Waals surface area contributed by atoms with Gasteiger partial charge in [0.15, 0.2) is 8.32 Å². The number of rotatable bonds is 11. The van der Waals surface area contributed by atoms with Gasteiger partial charge in [-0.1, -0.05) is 12.3 Å². The summed E-state index contributed by atoms with van der Waals surface area (Å²) in [4.78, 5) is 23.5. The van der Waals surface area contributed by atoms with Gasteiger partial charge in [-0.05, 0) is 133 Å². The summed E-state index contributed by atoms with van der Waals surface area (Å²) >= 11 is 0. The van der Waals surface area contributed by atoms with E-state index in [9.17, 15) is 9.59 Å². The van der Waals surface area contributed by atoms with Crippen LogP contribution in [0.4, 0.5) is 0 Å². The highest BCUT2D eigenvalue weighted by Crippen LogP contribution is 2.39. The molecule has 7 unspecified atom stereocenters. The molecule has 0 aliphatic carbocycles. The summed E-state index contributed by atoms with van der Waals surface area (Å²) in [6.07, 6.45) is 0. The van der Waals surface area contributed by atoms with Crippen molar-refractivity contribution in [3.63, 3.8) is 0 Å². The van der Waals surface area contributed by atoms with Crippen LogP contribution in [0.25, 0.3) is 0 Å². The predicted molar refractivity (Wildman–Crippen MR) is 269 cm³/mol. The lowest BCUT2D eigenvalue weighted by Gasteiger charge is -2.50. The second-order valence-electron chi connectivity index (χ2n) is 18.4. The Balaban J connectivity index is 3.19. The molecule has 2 rings (SSSR count). The smallest absolute Gasteiger partial charge is 0.416 e. The first kappa shape index (κ1) is 58.9. The zero-order valence-electron chi connectivity index (χ0n) is 40.1. The molecule has 0 radical (unpaired) electrons. The zero-order valence-corrected chi connectivity index (χ0v) is 54.1. The van der Waals surface area contributed by atoms with Crippen LogP contribution >= 0.6 is 0 Å².